The molecule has 3 heterocycles. The Balaban J connectivity index is 1.27. The van der Waals surface area contributed by atoms with E-state index in [1.165, 1.54) is 11.1 Å². The van der Waals surface area contributed by atoms with Gasteiger partial charge in [0.15, 0.2) is 5.65 Å². The molecule has 0 unspecified atom stereocenters. The highest BCUT2D eigenvalue weighted by atomic mass is 35.5. The van der Waals surface area contributed by atoms with Crippen molar-refractivity contribution in [3.8, 4) is 17.3 Å². The molecule has 1 amide bonds. The van der Waals surface area contributed by atoms with Crippen LogP contribution < -0.4 is 4.74 Å². The van der Waals surface area contributed by atoms with Crippen LogP contribution in [0.1, 0.15) is 58.4 Å². The number of allylic oxidation sites excluding steroid dienone is 1. The number of nitrogens with zero attached hydrogens (tertiary/aromatic N) is 3. The molecule has 8 heteroatoms. The third-order valence-electron chi connectivity index (χ3n) is 8.07. The number of ether oxygens (including phenoxy) is 1. The molecule has 0 atom stereocenters. The number of nitrogens with one attached hydrogen (secondary N) is 1. The van der Waals surface area contributed by atoms with Gasteiger partial charge in [-0.1, -0.05) is 55.8 Å². The summed E-state index contributed by atoms with van der Waals surface area (Å²) in [6.07, 6.45) is 8.80. The van der Waals surface area contributed by atoms with E-state index in [4.69, 9.17) is 21.3 Å². The Bertz CT molecular complexity index is 1380. The Morgan fingerprint density at radius 1 is 1.18 bits per heavy atom. The zero-order valence-electron chi connectivity index (χ0n) is 22.3. The molecule has 1 saturated carbocycles. The molecule has 7 nitrogen and oxygen atoms in total. The fourth-order valence-electron chi connectivity index (χ4n) is 5.37. The standard InChI is InChI=1S/C30H35ClN4O3/c1-19(37)35-14-12-22(13-15-35)21-6-8-23(9-7-21)27-25(31)16-26-28(33-27)34-29(32-26)38-17-20-4-10-24(11-5-20)30(2,3)18-36/h6-9,12,16-17,24,36H,4-5,10-11,13-15,18H2,1-3H3,(H,32,33,34). The third kappa shape index (κ3) is 5.64. The van der Waals surface area contributed by atoms with Crippen molar-refractivity contribution < 1.29 is 14.6 Å². The maximum absolute atomic E-state index is 11.6. The minimum Gasteiger partial charge on any atom is -0.434 e. The first-order chi connectivity index (χ1) is 18.2. The van der Waals surface area contributed by atoms with Crippen molar-refractivity contribution >= 4 is 34.2 Å². The molecule has 0 spiro atoms. The van der Waals surface area contributed by atoms with Gasteiger partial charge in [0, 0.05) is 32.2 Å². The minimum atomic E-state index is -0.0422. The van der Waals surface area contributed by atoms with Gasteiger partial charge in [-0.05, 0) is 66.2 Å². The number of hydrogen-bond acceptors (Lipinski definition) is 5. The van der Waals surface area contributed by atoms with E-state index in [9.17, 15) is 9.90 Å². The summed E-state index contributed by atoms with van der Waals surface area (Å²) in [6.45, 7) is 7.49. The summed E-state index contributed by atoms with van der Waals surface area (Å²) in [5.41, 5.74) is 6.46. The smallest absolute Gasteiger partial charge is 0.301 e. The molecule has 0 saturated heterocycles. The largest absolute Gasteiger partial charge is 0.434 e. The Hall–Kier alpha value is -3.16. The van der Waals surface area contributed by atoms with Gasteiger partial charge in [-0.3, -0.25) is 4.79 Å². The van der Waals surface area contributed by atoms with Crippen LogP contribution in [0.15, 0.2) is 48.2 Å². The molecule has 0 radical (unpaired) electrons. The number of pyridine rings is 1. The molecule has 200 valence electrons. The van der Waals surface area contributed by atoms with Gasteiger partial charge >= 0.3 is 6.01 Å². The number of amides is 1. The SMILES string of the molecule is CC(=O)N1CC=C(c2ccc(-c3nc4nc(OC=C5CCC(C(C)(C)CO)CC5)[nH]c4cc3Cl)cc2)CC1. The Morgan fingerprint density at radius 2 is 1.89 bits per heavy atom. The summed E-state index contributed by atoms with van der Waals surface area (Å²) in [5, 5.41) is 10.2. The van der Waals surface area contributed by atoms with E-state index in [0.29, 0.717) is 34.8 Å². The molecule has 2 aromatic heterocycles. The molecular formula is C30H35ClN4O3. The van der Waals surface area contributed by atoms with Crippen LogP contribution in [0.2, 0.25) is 5.02 Å². The van der Waals surface area contributed by atoms with Crippen LogP contribution in [0.5, 0.6) is 6.01 Å². The maximum Gasteiger partial charge on any atom is 0.301 e. The molecule has 5 rings (SSSR count). The third-order valence-corrected chi connectivity index (χ3v) is 8.35. The van der Waals surface area contributed by atoms with E-state index in [1.807, 2.05) is 23.1 Å². The monoisotopic (exact) mass is 534 g/mol. The number of rotatable bonds is 6. The number of carbonyl (C=O) groups excluding carboxylic acids is 1. The summed E-state index contributed by atoms with van der Waals surface area (Å²) in [6, 6.07) is 10.4. The summed E-state index contributed by atoms with van der Waals surface area (Å²) in [4.78, 5) is 25.9. The van der Waals surface area contributed by atoms with E-state index in [2.05, 4.69) is 42.0 Å². The van der Waals surface area contributed by atoms with Gasteiger partial charge in [0.2, 0.25) is 5.91 Å². The summed E-state index contributed by atoms with van der Waals surface area (Å²) < 4.78 is 5.88. The maximum atomic E-state index is 11.6. The molecule has 1 aliphatic carbocycles. The van der Waals surface area contributed by atoms with Crippen molar-refractivity contribution in [3.05, 3.63) is 58.8 Å². The number of aromatic amines is 1. The van der Waals surface area contributed by atoms with E-state index in [0.717, 1.165) is 55.3 Å². The average molecular weight is 535 g/mol. The molecule has 1 aliphatic heterocycles. The van der Waals surface area contributed by atoms with Crippen LogP contribution in [0.25, 0.3) is 28.0 Å². The average Bonchev–Trinajstić information content (AvgIpc) is 3.33. The van der Waals surface area contributed by atoms with Crippen LogP contribution in [0.3, 0.4) is 0 Å². The first-order valence-electron chi connectivity index (χ1n) is 13.3. The van der Waals surface area contributed by atoms with E-state index < -0.39 is 0 Å². The predicted octanol–water partition coefficient (Wildman–Crippen LogP) is 6.39. The lowest BCUT2D eigenvalue weighted by molar-refractivity contribution is -0.128. The number of aliphatic hydroxyl groups is 1. The lowest BCUT2D eigenvalue weighted by Crippen LogP contribution is -2.32. The van der Waals surface area contributed by atoms with Crippen molar-refractivity contribution in [1.29, 1.82) is 0 Å². The molecule has 1 fully saturated rings. The highest BCUT2D eigenvalue weighted by Crippen LogP contribution is 2.39. The first kappa shape index (κ1) is 26.4. The highest BCUT2D eigenvalue weighted by Gasteiger charge is 2.31. The van der Waals surface area contributed by atoms with E-state index in [1.54, 1.807) is 13.2 Å². The van der Waals surface area contributed by atoms with Gasteiger partial charge in [0.1, 0.15) is 0 Å². The van der Waals surface area contributed by atoms with Gasteiger partial charge < -0.3 is 19.7 Å². The number of aromatic nitrogens is 3. The van der Waals surface area contributed by atoms with Crippen molar-refractivity contribution in [2.75, 3.05) is 19.7 Å². The van der Waals surface area contributed by atoms with Crippen LogP contribution >= 0.6 is 11.6 Å². The Morgan fingerprint density at radius 3 is 2.53 bits per heavy atom. The van der Waals surface area contributed by atoms with Crippen molar-refractivity contribution in [1.82, 2.24) is 19.9 Å². The molecule has 3 aromatic rings. The molecule has 2 N–H and O–H groups in total. The number of carbonyl (C=O) groups is 1. The zero-order chi connectivity index (χ0) is 26.9. The molecular weight excluding hydrogens is 500 g/mol. The van der Waals surface area contributed by atoms with Crippen molar-refractivity contribution in [2.24, 2.45) is 11.3 Å². The van der Waals surface area contributed by atoms with Crippen LogP contribution in [-0.4, -0.2) is 50.6 Å². The topological polar surface area (TPSA) is 91.3 Å². The minimum absolute atomic E-state index is 0.0422. The molecule has 1 aromatic carbocycles. The van der Waals surface area contributed by atoms with E-state index in [-0.39, 0.29) is 17.9 Å². The number of aliphatic hydroxyl groups excluding tert-OH is 1. The number of benzene rings is 1. The van der Waals surface area contributed by atoms with E-state index >= 15 is 0 Å². The van der Waals surface area contributed by atoms with Crippen LogP contribution in [0, 0.1) is 11.3 Å². The fraction of sp³-hybridized carbons (Fsp3) is 0.433. The Kier molecular flexibility index (Phi) is 7.59. The Labute approximate surface area is 228 Å². The number of hydrogen-bond donors (Lipinski definition) is 2. The number of fused-ring (bicyclic) bond motifs is 1. The molecule has 0 bridgehead atoms. The van der Waals surface area contributed by atoms with Gasteiger partial charge in [0.05, 0.1) is 22.5 Å². The van der Waals surface area contributed by atoms with Gasteiger partial charge in [-0.2, -0.15) is 4.98 Å². The van der Waals surface area contributed by atoms with Crippen LogP contribution in [0.4, 0.5) is 0 Å². The lowest BCUT2D eigenvalue weighted by atomic mass is 9.71. The normalized spacial score (nSPS) is 18.4. The predicted molar refractivity (Wildman–Crippen MR) is 151 cm³/mol. The number of H-pyrrole nitrogens is 1. The highest BCUT2D eigenvalue weighted by molar-refractivity contribution is 6.33. The first-order valence-corrected chi connectivity index (χ1v) is 13.7. The van der Waals surface area contributed by atoms with Crippen molar-refractivity contribution in [2.45, 2.75) is 52.9 Å². The second-order valence-corrected chi connectivity index (χ2v) is 11.5. The molecule has 2 aliphatic rings. The fourth-order valence-corrected chi connectivity index (χ4v) is 5.63. The van der Waals surface area contributed by atoms with Gasteiger partial charge in [0.25, 0.3) is 0 Å². The summed E-state index contributed by atoms with van der Waals surface area (Å²) >= 11 is 6.61. The van der Waals surface area contributed by atoms with Crippen LogP contribution in [-0.2, 0) is 4.79 Å². The number of imidazole rings is 1. The molecule has 38 heavy (non-hydrogen) atoms. The quantitative estimate of drug-likeness (QED) is 0.358. The van der Waals surface area contributed by atoms with Gasteiger partial charge in [-0.15, -0.1) is 0 Å². The van der Waals surface area contributed by atoms with Crippen molar-refractivity contribution in [3.63, 3.8) is 0 Å². The number of halogens is 1. The lowest BCUT2D eigenvalue weighted by Gasteiger charge is -2.36. The zero-order valence-corrected chi connectivity index (χ0v) is 23.0. The summed E-state index contributed by atoms with van der Waals surface area (Å²) in [5.74, 6) is 0.631. The second kappa shape index (κ2) is 10.9. The summed E-state index contributed by atoms with van der Waals surface area (Å²) in [7, 11) is 0. The second-order valence-electron chi connectivity index (χ2n) is 11.1. The van der Waals surface area contributed by atoms with Gasteiger partial charge in [-0.25, -0.2) is 4.98 Å².